The van der Waals surface area contributed by atoms with Crippen LogP contribution >= 0.6 is 0 Å². The van der Waals surface area contributed by atoms with E-state index in [9.17, 15) is 4.79 Å². The van der Waals surface area contributed by atoms with Gasteiger partial charge >= 0.3 is 0 Å². The molecule has 1 fully saturated rings. The molecule has 0 saturated carbocycles. The molecule has 1 aliphatic rings. The van der Waals surface area contributed by atoms with Crippen molar-refractivity contribution in [1.29, 1.82) is 0 Å². The predicted molar refractivity (Wildman–Crippen MR) is 51.7 cm³/mol. The number of rotatable bonds is 5. The molecule has 1 heterocycles. The molecule has 1 saturated heterocycles. The van der Waals surface area contributed by atoms with Crippen LogP contribution in [0.5, 0.6) is 0 Å². The van der Waals surface area contributed by atoms with E-state index in [0.29, 0.717) is 0 Å². The lowest BCUT2D eigenvalue weighted by molar-refractivity contribution is -0.112. The van der Waals surface area contributed by atoms with Crippen LogP contribution in [0, 0.1) is 5.92 Å². The van der Waals surface area contributed by atoms with Crippen molar-refractivity contribution >= 4 is 6.29 Å². The SMILES string of the molecule is CN1CCC(CCOCC=O)CC1. The summed E-state index contributed by atoms with van der Waals surface area (Å²) in [5.74, 6) is 0.808. The fourth-order valence-electron chi connectivity index (χ4n) is 1.73. The number of carbonyl (C=O) groups is 1. The van der Waals surface area contributed by atoms with Crippen molar-refractivity contribution in [2.24, 2.45) is 5.92 Å². The molecule has 0 atom stereocenters. The van der Waals surface area contributed by atoms with Crippen LogP contribution in [0.2, 0.25) is 0 Å². The third kappa shape index (κ3) is 4.39. The molecule has 0 aliphatic carbocycles. The van der Waals surface area contributed by atoms with E-state index in [4.69, 9.17) is 4.74 Å². The maximum absolute atomic E-state index is 9.97. The molecule has 0 N–H and O–H groups in total. The second-order valence-corrected chi connectivity index (χ2v) is 3.78. The minimum absolute atomic E-state index is 0.257. The lowest BCUT2D eigenvalue weighted by atomic mass is 9.94. The first-order chi connectivity index (χ1) is 6.33. The van der Waals surface area contributed by atoms with Gasteiger partial charge in [-0.05, 0) is 45.3 Å². The van der Waals surface area contributed by atoms with Gasteiger partial charge in [-0.15, -0.1) is 0 Å². The number of aldehydes is 1. The Morgan fingerprint density at radius 2 is 2.15 bits per heavy atom. The van der Waals surface area contributed by atoms with E-state index in [-0.39, 0.29) is 6.61 Å². The Morgan fingerprint density at radius 1 is 1.46 bits per heavy atom. The zero-order valence-electron chi connectivity index (χ0n) is 8.37. The van der Waals surface area contributed by atoms with Crippen LogP contribution < -0.4 is 0 Å². The molecular formula is C10H19NO2. The molecule has 13 heavy (non-hydrogen) atoms. The Bertz CT molecular complexity index is 142. The number of likely N-dealkylation sites (tertiary alicyclic amines) is 1. The summed E-state index contributed by atoms with van der Waals surface area (Å²) in [6.45, 7) is 3.41. The second kappa shape index (κ2) is 6.11. The quantitative estimate of drug-likeness (QED) is 0.471. The summed E-state index contributed by atoms with van der Waals surface area (Å²) in [7, 11) is 2.17. The largest absolute Gasteiger partial charge is 0.374 e. The number of hydrogen-bond donors (Lipinski definition) is 0. The highest BCUT2D eigenvalue weighted by Gasteiger charge is 2.15. The van der Waals surface area contributed by atoms with Gasteiger partial charge in [0, 0.05) is 6.61 Å². The second-order valence-electron chi connectivity index (χ2n) is 3.78. The van der Waals surface area contributed by atoms with Crippen molar-refractivity contribution in [3.63, 3.8) is 0 Å². The van der Waals surface area contributed by atoms with Crippen LogP contribution in [-0.4, -0.2) is 44.5 Å². The van der Waals surface area contributed by atoms with Crippen LogP contribution in [0.25, 0.3) is 0 Å². The van der Waals surface area contributed by atoms with Gasteiger partial charge < -0.3 is 14.4 Å². The first-order valence-electron chi connectivity index (χ1n) is 5.03. The third-order valence-electron chi connectivity index (χ3n) is 2.69. The molecular weight excluding hydrogens is 166 g/mol. The molecule has 0 radical (unpaired) electrons. The van der Waals surface area contributed by atoms with Crippen LogP contribution in [-0.2, 0) is 9.53 Å². The summed E-state index contributed by atoms with van der Waals surface area (Å²) in [5, 5.41) is 0. The lowest BCUT2D eigenvalue weighted by Crippen LogP contribution is -2.30. The molecule has 1 rings (SSSR count). The fourth-order valence-corrected chi connectivity index (χ4v) is 1.73. The van der Waals surface area contributed by atoms with Crippen molar-refractivity contribution < 1.29 is 9.53 Å². The molecule has 0 amide bonds. The summed E-state index contributed by atoms with van der Waals surface area (Å²) in [5.41, 5.74) is 0. The first kappa shape index (κ1) is 10.7. The van der Waals surface area contributed by atoms with Gasteiger partial charge in [0.2, 0.25) is 0 Å². The predicted octanol–water partition coefficient (Wildman–Crippen LogP) is 0.934. The lowest BCUT2D eigenvalue weighted by Gasteiger charge is -2.28. The molecule has 0 spiro atoms. The van der Waals surface area contributed by atoms with Crippen molar-refractivity contribution in [3.8, 4) is 0 Å². The molecule has 0 aromatic heterocycles. The number of nitrogens with zero attached hydrogens (tertiary/aromatic N) is 1. The zero-order chi connectivity index (χ0) is 9.52. The van der Waals surface area contributed by atoms with E-state index < -0.39 is 0 Å². The Kier molecular flexibility index (Phi) is 5.01. The first-order valence-corrected chi connectivity index (χ1v) is 5.03. The maximum Gasteiger partial charge on any atom is 0.145 e. The minimum atomic E-state index is 0.257. The van der Waals surface area contributed by atoms with Crippen molar-refractivity contribution in [3.05, 3.63) is 0 Å². The van der Waals surface area contributed by atoms with Crippen LogP contribution in [0.4, 0.5) is 0 Å². The number of carbonyl (C=O) groups excluding carboxylic acids is 1. The van der Waals surface area contributed by atoms with E-state index in [1.54, 1.807) is 0 Å². The van der Waals surface area contributed by atoms with Crippen molar-refractivity contribution in [1.82, 2.24) is 4.90 Å². The van der Waals surface area contributed by atoms with E-state index in [1.165, 1.54) is 25.9 Å². The Hall–Kier alpha value is -0.410. The summed E-state index contributed by atoms with van der Waals surface area (Å²) in [6.07, 6.45) is 4.48. The van der Waals surface area contributed by atoms with Crippen molar-refractivity contribution in [2.45, 2.75) is 19.3 Å². The molecule has 0 unspecified atom stereocenters. The van der Waals surface area contributed by atoms with Gasteiger partial charge in [-0.25, -0.2) is 0 Å². The Morgan fingerprint density at radius 3 is 2.77 bits per heavy atom. The molecule has 76 valence electrons. The Labute approximate surface area is 80.1 Å². The minimum Gasteiger partial charge on any atom is -0.374 e. The molecule has 3 nitrogen and oxygen atoms in total. The highest BCUT2D eigenvalue weighted by Crippen LogP contribution is 2.18. The van der Waals surface area contributed by atoms with Crippen LogP contribution in [0.3, 0.4) is 0 Å². The van der Waals surface area contributed by atoms with Gasteiger partial charge in [-0.3, -0.25) is 0 Å². The highest BCUT2D eigenvalue weighted by atomic mass is 16.5. The average Bonchev–Trinajstić information content (AvgIpc) is 2.15. The highest BCUT2D eigenvalue weighted by molar-refractivity contribution is 5.50. The van der Waals surface area contributed by atoms with Crippen molar-refractivity contribution in [2.75, 3.05) is 33.4 Å². The molecule has 0 aromatic carbocycles. The van der Waals surface area contributed by atoms with E-state index in [0.717, 1.165) is 25.2 Å². The van der Waals surface area contributed by atoms with Crippen LogP contribution in [0.15, 0.2) is 0 Å². The smallest absolute Gasteiger partial charge is 0.145 e. The topological polar surface area (TPSA) is 29.5 Å². The van der Waals surface area contributed by atoms with Crippen LogP contribution in [0.1, 0.15) is 19.3 Å². The van der Waals surface area contributed by atoms with Gasteiger partial charge in [0.05, 0.1) is 0 Å². The normalized spacial score (nSPS) is 20.4. The van der Waals surface area contributed by atoms with Gasteiger partial charge in [0.1, 0.15) is 12.9 Å². The average molecular weight is 185 g/mol. The van der Waals surface area contributed by atoms with Gasteiger partial charge in [0.25, 0.3) is 0 Å². The Balaban J connectivity index is 1.99. The van der Waals surface area contributed by atoms with Gasteiger partial charge in [0.15, 0.2) is 0 Å². The molecule has 3 heteroatoms. The fraction of sp³-hybridized carbons (Fsp3) is 0.900. The molecule has 1 aliphatic heterocycles. The molecule has 0 aromatic rings. The van der Waals surface area contributed by atoms with Gasteiger partial charge in [-0.2, -0.15) is 0 Å². The van der Waals surface area contributed by atoms with E-state index in [1.807, 2.05) is 0 Å². The van der Waals surface area contributed by atoms with Gasteiger partial charge in [-0.1, -0.05) is 0 Å². The summed E-state index contributed by atoms with van der Waals surface area (Å²) < 4.78 is 5.13. The van der Waals surface area contributed by atoms with E-state index in [2.05, 4.69) is 11.9 Å². The number of ether oxygens (including phenoxy) is 1. The van der Waals surface area contributed by atoms with E-state index >= 15 is 0 Å². The summed E-state index contributed by atoms with van der Waals surface area (Å²) in [4.78, 5) is 12.3. The summed E-state index contributed by atoms with van der Waals surface area (Å²) in [6, 6.07) is 0. The standard InChI is InChI=1S/C10H19NO2/c1-11-5-2-10(3-6-11)4-8-13-9-7-12/h7,10H,2-6,8-9H2,1H3. The number of hydrogen-bond acceptors (Lipinski definition) is 3. The maximum atomic E-state index is 9.97. The third-order valence-corrected chi connectivity index (χ3v) is 2.69. The number of piperidine rings is 1. The molecule has 0 bridgehead atoms. The monoisotopic (exact) mass is 185 g/mol. The summed E-state index contributed by atoms with van der Waals surface area (Å²) >= 11 is 0. The zero-order valence-corrected chi connectivity index (χ0v) is 8.37.